The first-order valence-electron chi connectivity index (χ1n) is 11.9. The van der Waals surface area contributed by atoms with Gasteiger partial charge in [0, 0.05) is 24.3 Å². The van der Waals surface area contributed by atoms with Crippen molar-refractivity contribution in [2.75, 3.05) is 23.3 Å². The van der Waals surface area contributed by atoms with Gasteiger partial charge in [-0.3, -0.25) is 4.79 Å². The summed E-state index contributed by atoms with van der Waals surface area (Å²) in [5, 5.41) is 3.57. The number of nitrogens with zero attached hydrogens (tertiary/aromatic N) is 1. The highest BCUT2D eigenvalue weighted by Gasteiger charge is 2.18. The molecule has 1 heterocycles. The van der Waals surface area contributed by atoms with Crippen molar-refractivity contribution in [3.05, 3.63) is 94.6 Å². The normalized spacial score (nSPS) is 13.6. The standard InChI is InChI=1S/C29H33N3O/c1-3-24-22(14-15-26(29(30)33)25(24)4-2)20-21-16-18-32(19-17-21)28-13-9-8-12-27(28)31-23-10-6-5-7-11-23/h5-15,20,31H,3-4,16-19H2,1-2H3,(H2,30,33). The number of hydrogen-bond donors (Lipinski definition) is 2. The molecule has 3 aromatic rings. The first-order chi connectivity index (χ1) is 16.1. The van der Waals surface area contributed by atoms with Crippen molar-refractivity contribution >= 4 is 29.0 Å². The summed E-state index contributed by atoms with van der Waals surface area (Å²) in [7, 11) is 0. The Labute approximate surface area is 197 Å². The molecule has 4 nitrogen and oxygen atoms in total. The molecule has 1 fully saturated rings. The van der Waals surface area contributed by atoms with E-state index < -0.39 is 0 Å². The molecule has 1 aliphatic heterocycles. The van der Waals surface area contributed by atoms with Crippen molar-refractivity contribution < 1.29 is 4.79 Å². The van der Waals surface area contributed by atoms with E-state index in [1.165, 1.54) is 22.4 Å². The summed E-state index contributed by atoms with van der Waals surface area (Å²) in [6.45, 7) is 6.22. The number of nitrogens with two attached hydrogens (primary N) is 1. The van der Waals surface area contributed by atoms with Gasteiger partial charge in [0.05, 0.1) is 11.4 Å². The molecule has 1 aliphatic rings. The van der Waals surface area contributed by atoms with Crippen LogP contribution in [0.4, 0.5) is 17.1 Å². The zero-order valence-corrected chi connectivity index (χ0v) is 19.6. The molecule has 0 aliphatic carbocycles. The molecule has 0 spiro atoms. The van der Waals surface area contributed by atoms with Crippen LogP contribution in [0.15, 0.2) is 72.3 Å². The van der Waals surface area contributed by atoms with Gasteiger partial charge in [-0.05, 0) is 72.7 Å². The third-order valence-corrected chi connectivity index (χ3v) is 6.50. The number of nitrogens with one attached hydrogen (secondary N) is 1. The van der Waals surface area contributed by atoms with E-state index in [2.05, 4.69) is 72.6 Å². The Hall–Kier alpha value is -3.53. The van der Waals surface area contributed by atoms with E-state index in [4.69, 9.17) is 5.73 Å². The highest BCUT2D eigenvalue weighted by Crippen LogP contribution is 2.33. The smallest absolute Gasteiger partial charge is 0.248 e. The zero-order chi connectivity index (χ0) is 23.2. The summed E-state index contributed by atoms with van der Waals surface area (Å²) in [5.41, 5.74) is 14.8. The van der Waals surface area contributed by atoms with Crippen molar-refractivity contribution in [2.45, 2.75) is 39.5 Å². The summed E-state index contributed by atoms with van der Waals surface area (Å²) in [6.07, 6.45) is 6.11. The number of carbonyl (C=O) groups is 1. The van der Waals surface area contributed by atoms with Crippen LogP contribution in [0.2, 0.25) is 0 Å². The molecule has 0 aromatic heterocycles. The predicted molar refractivity (Wildman–Crippen MR) is 139 cm³/mol. The topological polar surface area (TPSA) is 58.4 Å². The molecule has 0 saturated carbocycles. The zero-order valence-electron chi connectivity index (χ0n) is 19.6. The second-order valence-corrected chi connectivity index (χ2v) is 8.53. The van der Waals surface area contributed by atoms with Crippen LogP contribution in [0.1, 0.15) is 53.7 Å². The fourth-order valence-electron chi connectivity index (χ4n) is 4.83. The Bertz CT molecular complexity index is 1140. The second kappa shape index (κ2) is 10.4. The number of primary amides is 1. The van der Waals surface area contributed by atoms with Crippen LogP contribution in [0.3, 0.4) is 0 Å². The van der Waals surface area contributed by atoms with Gasteiger partial charge >= 0.3 is 0 Å². The van der Waals surface area contributed by atoms with E-state index >= 15 is 0 Å². The van der Waals surface area contributed by atoms with Crippen LogP contribution >= 0.6 is 0 Å². The van der Waals surface area contributed by atoms with Crippen molar-refractivity contribution in [1.82, 2.24) is 0 Å². The summed E-state index contributed by atoms with van der Waals surface area (Å²) in [5.74, 6) is -0.336. The molecule has 3 aromatic carbocycles. The first-order valence-corrected chi connectivity index (χ1v) is 11.9. The summed E-state index contributed by atoms with van der Waals surface area (Å²) in [4.78, 5) is 14.3. The minimum absolute atomic E-state index is 0.336. The van der Waals surface area contributed by atoms with Gasteiger partial charge in [-0.1, -0.05) is 61.9 Å². The monoisotopic (exact) mass is 439 g/mol. The molecule has 0 radical (unpaired) electrons. The number of rotatable bonds is 7. The van der Waals surface area contributed by atoms with Crippen LogP contribution in [-0.2, 0) is 12.8 Å². The average molecular weight is 440 g/mol. The Morgan fingerprint density at radius 1 is 0.909 bits per heavy atom. The number of carbonyl (C=O) groups excluding carboxylic acids is 1. The lowest BCUT2D eigenvalue weighted by Gasteiger charge is -2.32. The highest BCUT2D eigenvalue weighted by atomic mass is 16.1. The SMILES string of the molecule is CCc1c(C=C2CCN(c3ccccc3Nc3ccccc3)CC2)ccc(C(N)=O)c1CC. The number of anilines is 3. The van der Waals surface area contributed by atoms with Crippen molar-refractivity contribution in [3.63, 3.8) is 0 Å². The van der Waals surface area contributed by atoms with Crippen LogP contribution in [0, 0.1) is 0 Å². The van der Waals surface area contributed by atoms with Gasteiger partial charge in [-0.25, -0.2) is 0 Å². The van der Waals surface area contributed by atoms with E-state index in [0.29, 0.717) is 5.56 Å². The highest BCUT2D eigenvalue weighted by molar-refractivity contribution is 5.95. The van der Waals surface area contributed by atoms with Gasteiger partial charge in [-0.15, -0.1) is 0 Å². The van der Waals surface area contributed by atoms with Gasteiger partial charge in [0.25, 0.3) is 0 Å². The lowest BCUT2D eigenvalue weighted by Crippen LogP contribution is -2.31. The quantitative estimate of drug-likeness (QED) is 0.452. The maximum absolute atomic E-state index is 11.9. The molecular weight excluding hydrogens is 406 g/mol. The van der Waals surface area contributed by atoms with Crippen molar-refractivity contribution in [2.24, 2.45) is 5.73 Å². The van der Waals surface area contributed by atoms with Gasteiger partial charge in [-0.2, -0.15) is 0 Å². The Kier molecular flexibility index (Phi) is 7.13. The third kappa shape index (κ3) is 5.11. The van der Waals surface area contributed by atoms with E-state index in [-0.39, 0.29) is 5.91 Å². The molecule has 33 heavy (non-hydrogen) atoms. The van der Waals surface area contributed by atoms with Crippen LogP contribution in [0.5, 0.6) is 0 Å². The van der Waals surface area contributed by atoms with E-state index in [1.807, 2.05) is 24.3 Å². The Morgan fingerprint density at radius 3 is 2.24 bits per heavy atom. The first kappa shape index (κ1) is 22.7. The molecule has 1 saturated heterocycles. The lowest BCUT2D eigenvalue weighted by molar-refractivity contribution is 0.0999. The van der Waals surface area contributed by atoms with Crippen LogP contribution in [-0.4, -0.2) is 19.0 Å². The van der Waals surface area contributed by atoms with Crippen LogP contribution in [0.25, 0.3) is 6.08 Å². The van der Waals surface area contributed by atoms with E-state index in [0.717, 1.165) is 55.7 Å². The molecule has 0 unspecified atom stereocenters. The fraction of sp³-hybridized carbons (Fsp3) is 0.276. The predicted octanol–water partition coefficient (Wildman–Crippen LogP) is 6.34. The maximum Gasteiger partial charge on any atom is 0.248 e. The molecular formula is C29H33N3O. The number of benzene rings is 3. The Balaban J connectivity index is 1.52. The maximum atomic E-state index is 11.9. The summed E-state index contributed by atoms with van der Waals surface area (Å²) in [6, 6.07) is 22.8. The minimum Gasteiger partial charge on any atom is -0.369 e. The largest absolute Gasteiger partial charge is 0.369 e. The molecule has 3 N–H and O–H groups in total. The molecule has 4 rings (SSSR count). The molecule has 0 atom stereocenters. The van der Waals surface area contributed by atoms with Gasteiger partial charge in [0.1, 0.15) is 0 Å². The van der Waals surface area contributed by atoms with Crippen LogP contribution < -0.4 is 16.0 Å². The number of para-hydroxylation sites is 3. The summed E-state index contributed by atoms with van der Waals surface area (Å²) >= 11 is 0. The van der Waals surface area contributed by atoms with E-state index in [9.17, 15) is 4.79 Å². The molecule has 0 bridgehead atoms. The van der Waals surface area contributed by atoms with Gasteiger partial charge < -0.3 is 16.0 Å². The molecule has 170 valence electrons. The minimum atomic E-state index is -0.336. The molecule has 1 amide bonds. The van der Waals surface area contributed by atoms with E-state index in [1.54, 1.807) is 0 Å². The van der Waals surface area contributed by atoms with Crippen molar-refractivity contribution in [3.8, 4) is 0 Å². The number of hydrogen-bond acceptors (Lipinski definition) is 3. The number of piperidine rings is 1. The Morgan fingerprint density at radius 2 is 1.58 bits per heavy atom. The lowest BCUT2D eigenvalue weighted by atomic mass is 9.90. The summed E-state index contributed by atoms with van der Waals surface area (Å²) < 4.78 is 0. The average Bonchev–Trinajstić information content (AvgIpc) is 2.85. The molecule has 4 heteroatoms. The number of amides is 1. The fourth-order valence-corrected chi connectivity index (χ4v) is 4.83. The van der Waals surface area contributed by atoms with Gasteiger partial charge in [0.2, 0.25) is 5.91 Å². The third-order valence-electron chi connectivity index (χ3n) is 6.50. The van der Waals surface area contributed by atoms with Gasteiger partial charge in [0.15, 0.2) is 0 Å². The van der Waals surface area contributed by atoms with Crippen molar-refractivity contribution in [1.29, 1.82) is 0 Å². The second-order valence-electron chi connectivity index (χ2n) is 8.53.